The van der Waals surface area contributed by atoms with Gasteiger partial charge in [0.1, 0.15) is 23.0 Å². The molecule has 2 atom stereocenters. The van der Waals surface area contributed by atoms with Gasteiger partial charge in [0, 0.05) is 23.1 Å². The van der Waals surface area contributed by atoms with Crippen molar-refractivity contribution in [3.8, 4) is 11.5 Å². The first-order valence-electron chi connectivity index (χ1n) is 8.54. The molecule has 0 bridgehead atoms. The van der Waals surface area contributed by atoms with Crippen molar-refractivity contribution in [3.63, 3.8) is 0 Å². The van der Waals surface area contributed by atoms with Crippen LogP contribution in [0.1, 0.15) is 32.3 Å². The summed E-state index contributed by atoms with van der Waals surface area (Å²) in [5.74, 6) is 1.27. The molecule has 26 heavy (non-hydrogen) atoms. The van der Waals surface area contributed by atoms with Crippen molar-refractivity contribution < 1.29 is 28.5 Å². The number of methoxy groups -OCH3 is 1. The molecule has 3 rings (SSSR count). The third-order valence-corrected chi connectivity index (χ3v) is 4.63. The van der Waals surface area contributed by atoms with E-state index in [1.807, 2.05) is 18.2 Å². The highest BCUT2D eigenvalue weighted by atomic mass is 16.5. The summed E-state index contributed by atoms with van der Waals surface area (Å²) in [7, 11) is 1.59. The lowest BCUT2D eigenvalue weighted by Crippen LogP contribution is -2.35. The molecular formula is C20H22O6. The van der Waals surface area contributed by atoms with Crippen molar-refractivity contribution >= 4 is 11.8 Å². The van der Waals surface area contributed by atoms with Gasteiger partial charge in [-0.25, -0.2) is 4.79 Å². The maximum Gasteiger partial charge on any atom is 0.334 e. The molecule has 0 amide bonds. The highest BCUT2D eigenvalue weighted by molar-refractivity contribution is 5.96. The molecule has 2 heterocycles. The van der Waals surface area contributed by atoms with Crippen molar-refractivity contribution in [2.75, 3.05) is 20.3 Å². The van der Waals surface area contributed by atoms with E-state index < -0.39 is 5.97 Å². The molecule has 2 aliphatic heterocycles. The largest absolute Gasteiger partial charge is 0.497 e. The fraction of sp³-hybridized carbons (Fsp3) is 0.400. The second-order valence-electron chi connectivity index (χ2n) is 6.23. The van der Waals surface area contributed by atoms with Gasteiger partial charge in [-0.05, 0) is 26.8 Å². The van der Waals surface area contributed by atoms with Crippen LogP contribution in [0.2, 0.25) is 0 Å². The minimum absolute atomic E-state index is 0.0589. The molecule has 0 saturated carbocycles. The molecule has 0 aromatic heterocycles. The quantitative estimate of drug-likeness (QED) is 0.608. The fourth-order valence-corrected chi connectivity index (χ4v) is 3.55. The number of carbonyl (C=O) groups excluding carboxylic acids is 2. The summed E-state index contributed by atoms with van der Waals surface area (Å²) in [6.07, 6.45) is 1.35. The van der Waals surface area contributed by atoms with E-state index in [2.05, 4.69) is 0 Å². The summed E-state index contributed by atoms with van der Waals surface area (Å²) in [5, 5.41) is 0. The highest BCUT2D eigenvalue weighted by Gasteiger charge is 2.43. The zero-order chi connectivity index (χ0) is 18.8. The zero-order valence-electron chi connectivity index (χ0n) is 15.3. The van der Waals surface area contributed by atoms with E-state index in [-0.39, 0.29) is 24.2 Å². The number of benzene rings is 1. The van der Waals surface area contributed by atoms with Crippen LogP contribution < -0.4 is 9.47 Å². The van der Waals surface area contributed by atoms with Crippen LogP contribution in [0.4, 0.5) is 0 Å². The van der Waals surface area contributed by atoms with Crippen LogP contribution in [0.5, 0.6) is 11.5 Å². The molecule has 0 fully saturated rings. The number of esters is 1. The first-order chi connectivity index (χ1) is 12.5. The molecule has 0 radical (unpaired) electrons. The molecule has 1 aromatic rings. The molecule has 2 aliphatic rings. The molecule has 1 aromatic carbocycles. The Morgan fingerprint density at radius 1 is 1.35 bits per heavy atom. The molecule has 0 spiro atoms. The predicted molar refractivity (Wildman–Crippen MR) is 93.9 cm³/mol. The number of ether oxygens (including phenoxy) is 4. The molecule has 0 unspecified atom stereocenters. The molecule has 0 aliphatic carbocycles. The standard InChI is InChI=1S/C20H22O6/c1-5-24-18(22)9-17-15-10-25-16-8-13(23-4)6-7-14(16)20(15)19(11(2)21)12(3)26-17/h6-9,15,20H,5,10H2,1-4H3/b17-9-/t15-,20-/m1/s1. The Labute approximate surface area is 152 Å². The minimum Gasteiger partial charge on any atom is -0.497 e. The number of hydrogen-bond donors (Lipinski definition) is 0. The molecule has 0 saturated heterocycles. The normalized spacial score (nSPS) is 22.7. The Morgan fingerprint density at radius 2 is 2.12 bits per heavy atom. The SMILES string of the molecule is CCOC(=O)/C=C1\OC(C)=C(C(C)=O)[C@@H]2c3ccc(OC)cc3OC[C@H]12. The number of ketones is 1. The van der Waals surface area contributed by atoms with E-state index in [0.717, 1.165) is 5.56 Å². The van der Waals surface area contributed by atoms with E-state index >= 15 is 0 Å². The van der Waals surface area contributed by atoms with Crippen LogP contribution in [0.25, 0.3) is 0 Å². The lowest BCUT2D eigenvalue weighted by atomic mass is 9.74. The Balaban J connectivity index is 2.11. The minimum atomic E-state index is -0.471. The van der Waals surface area contributed by atoms with Crippen LogP contribution in [0, 0.1) is 5.92 Å². The summed E-state index contributed by atoms with van der Waals surface area (Å²) >= 11 is 0. The number of Topliss-reactive ketones (excluding diaryl/α,β-unsaturated/α-hetero) is 1. The molecular weight excluding hydrogens is 336 g/mol. The van der Waals surface area contributed by atoms with Crippen molar-refractivity contribution in [1.29, 1.82) is 0 Å². The molecule has 6 nitrogen and oxygen atoms in total. The summed E-state index contributed by atoms with van der Waals surface area (Å²) in [6, 6.07) is 5.54. The Morgan fingerprint density at radius 3 is 2.77 bits per heavy atom. The lowest BCUT2D eigenvalue weighted by Gasteiger charge is -2.39. The van der Waals surface area contributed by atoms with Gasteiger partial charge in [-0.3, -0.25) is 4.79 Å². The zero-order valence-corrected chi connectivity index (χ0v) is 15.3. The first-order valence-corrected chi connectivity index (χ1v) is 8.54. The summed E-state index contributed by atoms with van der Waals surface area (Å²) in [4.78, 5) is 24.2. The summed E-state index contributed by atoms with van der Waals surface area (Å²) in [5.41, 5.74) is 1.48. The van der Waals surface area contributed by atoms with Gasteiger partial charge in [-0.2, -0.15) is 0 Å². The number of fused-ring (bicyclic) bond motifs is 3. The topological polar surface area (TPSA) is 71.1 Å². The second kappa shape index (κ2) is 7.23. The molecule has 6 heteroatoms. The van der Waals surface area contributed by atoms with Crippen LogP contribution >= 0.6 is 0 Å². The number of carbonyl (C=O) groups is 2. The molecule has 0 N–H and O–H groups in total. The summed E-state index contributed by atoms with van der Waals surface area (Å²) in [6.45, 7) is 5.58. The third kappa shape index (κ3) is 3.19. The Bertz CT molecular complexity index is 805. The number of hydrogen-bond acceptors (Lipinski definition) is 6. The van der Waals surface area contributed by atoms with Crippen molar-refractivity contribution in [2.24, 2.45) is 5.92 Å². The predicted octanol–water partition coefficient (Wildman–Crippen LogP) is 3.13. The van der Waals surface area contributed by atoms with E-state index in [9.17, 15) is 9.59 Å². The van der Waals surface area contributed by atoms with Crippen molar-refractivity contribution in [2.45, 2.75) is 26.7 Å². The Hall–Kier alpha value is -2.76. The van der Waals surface area contributed by atoms with Gasteiger partial charge < -0.3 is 18.9 Å². The van der Waals surface area contributed by atoms with E-state index in [1.54, 1.807) is 21.0 Å². The maximum atomic E-state index is 12.3. The highest BCUT2D eigenvalue weighted by Crippen LogP contribution is 2.49. The van der Waals surface area contributed by atoms with Gasteiger partial charge in [0.2, 0.25) is 0 Å². The van der Waals surface area contributed by atoms with Gasteiger partial charge in [0.05, 0.1) is 32.3 Å². The van der Waals surface area contributed by atoms with Gasteiger partial charge in [0.15, 0.2) is 5.78 Å². The van der Waals surface area contributed by atoms with E-state index in [1.165, 1.54) is 13.0 Å². The number of rotatable bonds is 4. The third-order valence-electron chi connectivity index (χ3n) is 4.63. The Kier molecular flexibility index (Phi) is 5.02. The van der Waals surface area contributed by atoms with Crippen molar-refractivity contribution in [3.05, 3.63) is 46.9 Å². The van der Waals surface area contributed by atoms with Gasteiger partial charge in [0.25, 0.3) is 0 Å². The van der Waals surface area contributed by atoms with Gasteiger partial charge in [-0.1, -0.05) is 6.07 Å². The molecule has 138 valence electrons. The van der Waals surface area contributed by atoms with Crippen LogP contribution in [0.15, 0.2) is 41.4 Å². The van der Waals surface area contributed by atoms with Crippen LogP contribution in [-0.4, -0.2) is 32.1 Å². The van der Waals surface area contributed by atoms with E-state index in [4.69, 9.17) is 18.9 Å². The smallest absolute Gasteiger partial charge is 0.334 e. The monoisotopic (exact) mass is 358 g/mol. The van der Waals surface area contributed by atoms with Gasteiger partial charge in [-0.15, -0.1) is 0 Å². The lowest BCUT2D eigenvalue weighted by molar-refractivity contribution is -0.137. The van der Waals surface area contributed by atoms with E-state index in [0.29, 0.717) is 35.2 Å². The van der Waals surface area contributed by atoms with Crippen LogP contribution in [-0.2, 0) is 19.1 Å². The maximum absolute atomic E-state index is 12.3. The first kappa shape index (κ1) is 18.0. The average molecular weight is 358 g/mol. The average Bonchev–Trinajstić information content (AvgIpc) is 2.60. The fourth-order valence-electron chi connectivity index (χ4n) is 3.55. The second-order valence-corrected chi connectivity index (χ2v) is 6.23. The van der Waals surface area contributed by atoms with Crippen molar-refractivity contribution in [1.82, 2.24) is 0 Å². The number of allylic oxidation sites excluding steroid dienone is 2. The van der Waals surface area contributed by atoms with Gasteiger partial charge >= 0.3 is 5.97 Å². The summed E-state index contributed by atoms with van der Waals surface area (Å²) < 4.78 is 22.0. The van der Waals surface area contributed by atoms with Crippen LogP contribution in [0.3, 0.4) is 0 Å².